The Morgan fingerprint density at radius 2 is 2.06 bits per heavy atom. The fourth-order valence-corrected chi connectivity index (χ4v) is 1.57. The standard InChI is InChI=1S/C14H23NO2/c1-10-5-6-13(12(9-10)11(2)15)17-8-7-14(3,4)16/h5-6,9,11,16H,7-8,15H2,1-4H3. The van der Waals surface area contributed by atoms with Gasteiger partial charge in [0.15, 0.2) is 0 Å². The van der Waals surface area contributed by atoms with E-state index in [0.29, 0.717) is 13.0 Å². The second-order valence-corrected chi connectivity index (χ2v) is 5.24. The van der Waals surface area contributed by atoms with Gasteiger partial charge in [0.05, 0.1) is 12.2 Å². The van der Waals surface area contributed by atoms with Crippen LogP contribution < -0.4 is 10.5 Å². The van der Waals surface area contributed by atoms with Crippen molar-refractivity contribution in [3.63, 3.8) is 0 Å². The molecule has 0 spiro atoms. The van der Waals surface area contributed by atoms with Gasteiger partial charge in [-0.2, -0.15) is 0 Å². The number of aliphatic hydroxyl groups is 1. The highest BCUT2D eigenvalue weighted by molar-refractivity contribution is 5.38. The fraction of sp³-hybridized carbons (Fsp3) is 0.571. The largest absolute Gasteiger partial charge is 0.493 e. The maximum absolute atomic E-state index is 9.61. The summed E-state index contributed by atoms with van der Waals surface area (Å²) < 4.78 is 5.69. The molecule has 1 aromatic rings. The Kier molecular flexibility index (Phi) is 4.54. The number of aryl methyl sites for hydroxylation is 1. The molecule has 1 aromatic carbocycles. The van der Waals surface area contributed by atoms with Gasteiger partial charge in [0, 0.05) is 18.0 Å². The summed E-state index contributed by atoms with van der Waals surface area (Å²) in [7, 11) is 0. The lowest BCUT2D eigenvalue weighted by Gasteiger charge is -2.19. The molecule has 0 aliphatic heterocycles. The molecule has 3 nitrogen and oxygen atoms in total. The SMILES string of the molecule is Cc1ccc(OCCC(C)(C)O)c(C(C)N)c1. The number of nitrogens with two attached hydrogens (primary N) is 1. The molecular formula is C14H23NO2. The quantitative estimate of drug-likeness (QED) is 0.827. The number of benzene rings is 1. The van der Waals surface area contributed by atoms with Gasteiger partial charge < -0.3 is 15.6 Å². The summed E-state index contributed by atoms with van der Waals surface area (Å²) in [5.74, 6) is 0.815. The van der Waals surface area contributed by atoms with Crippen LogP contribution in [0.5, 0.6) is 5.75 Å². The van der Waals surface area contributed by atoms with Gasteiger partial charge in [0.25, 0.3) is 0 Å². The van der Waals surface area contributed by atoms with Gasteiger partial charge in [-0.1, -0.05) is 17.7 Å². The van der Waals surface area contributed by atoms with Gasteiger partial charge in [-0.15, -0.1) is 0 Å². The first-order valence-corrected chi connectivity index (χ1v) is 6.01. The van der Waals surface area contributed by atoms with E-state index in [1.807, 2.05) is 32.0 Å². The van der Waals surface area contributed by atoms with Crippen molar-refractivity contribution < 1.29 is 9.84 Å². The van der Waals surface area contributed by atoms with Crippen molar-refractivity contribution >= 4 is 0 Å². The molecule has 1 unspecified atom stereocenters. The molecule has 96 valence electrons. The number of ether oxygens (including phenoxy) is 1. The van der Waals surface area contributed by atoms with Crippen LogP contribution in [-0.2, 0) is 0 Å². The minimum Gasteiger partial charge on any atom is -0.493 e. The first-order valence-electron chi connectivity index (χ1n) is 6.01. The third-order valence-corrected chi connectivity index (χ3v) is 2.63. The molecule has 1 rings (SSSR count). The molecule has 0 bridgehead atoms. The van der Waals surface area contributed by atoms with Gasteiger partial charge in [-0.05, 0) is 33.8 Å². The van der Waals surface area contributed by atoms with Gasteiger partial charge in [-0.3, -0.25) is 0 Å². The third-order valence-electron chi connectivity index (χ3n) is 2.63. The summed E-state index contributed by atoms with van der Waals surface area (Å²) in [6.07, 6.45) is 0.596. The molecular weight excluding hydrogens is 214 g/mol. The smallest absolute Gasteiger partial charge is 0.124 e. The molecule has 0 radical (unpaired) electrons. The molecule has 0 aromatic heterocycles. The maximum atomic E-state index is 9.61. The van der Waals surface area contributed by atoms with Gasteiger partial charge in [0.2, 0.25) is 0 Å². The summed E-state index contributed by atoms with van der Waals surface area (Å²) in [4.78, 5) is 0. The van der Waals surface area contributed by atoms with Gasteiger partial charge in [0.1, 0.15) is 5.75 Å². The highest BCUT2D eigenvalue weighted by Crippen LogP contribution is 2.25. The lowest BCUT2D eigenvalue weighted by molar-refractivity contribution is 0.0551. The summed E-state index contributed by atoms with van der Waals surface area (Å²) in [6.45, 7) is 8.02. The van der Waals surface area contributed by atoms with Crippen molar-refractivity contribution in [1.29, 1.82) is 0 Å². The molecule has 3 heteroatoms. The van der Waals surface area contributed by atoms with Gasteiger partial charge in [-0.25, -0.2) is 0 Å². The van der Waals surface area contributed by atoms with Crippen molar-refractivity contribution in [3.8, 4) is 5.75 Å². The van der Waals surface area contributed by atoms with Crippen LogP contribution in [0, 0.1) is 6.92 Å². The van der Waals surface area contributed by atoms with E-state index in [9.17, 15) is 5.11 Å². The maximum Gasteiger partial charge on any atom is 0.124 e. The van der Waals surface area contributed by atoms with Crippen LogP contribution in [0.3, 0.4) is 0 Å². The first kappa shape index (κ1) is 14.0. The molecule has 0 aliphatic rings. The Morgan fingerprint density at radius 3 is 2.59 bits per heavy atom. The van der Waals surface area contributed by atoms with Crippen LogP contribution in [-0.4, -0.2) is 17.3 Å². The zero-order valence-electron chi connectivity index (χ0n) is 11.2. The second-order valence-electron chi connectivity index (χ2n) is 5.24. The van der Waals surface area contributed by atoms with Crippen LogP contribution in [0.4, 0.5) is 0 Å². The van der Waals surface area contributed by atoms with E-state index in [1.165, 1.54) is 5.56 Å². The lowest BCUT2D eigenvalue weighted by atomic mass is 10.0. The van der Waals surface area contributed by atoms with E-state index in [-0.39, 0.29) is 6.04 Å². The fourth-order valence-electron chi connectivity index (χ4n) is 1.57. The number of rotatable bonds is 5. The average molecular weight is 237 g/mol. The second kappa shape index (κ2) is 5.52. The van der Waals surface area contributed by atoms with E-state index >= 15 is 0 Å². The molecule has 17 heavy (non-hydrogen) atoms. The van der Waals surface area contributed by atoms with E-state index < -0.39 is 5.60 Å². The Hall–Kier alpha value is -1.06. The molecule has 0 heterocycles. The Labute approximate surface area is 104 Å². The summed E-state index contributed by atoms with van der Waals surface area (Å²) in [6, 6.07) is 5.94. The van der Waals surface area contributed by atoms with Crippen LogP contribution >= 0.6 is 0 Å². The Morgan fingerprint density at radius 1 is 1.41 bits per heavy atom. The van der Waals surface area contributed by atoms with Gasteiger partial charge >= 0.3 is 0 Å². The zero-order valence-corrected chi connectivity index (χ0v) is 11.2. The summed E-state index contributed by atoms with van der Waals surface area (Å²) in [5, 5.41) is 9.61. The van der Waals surface area contributed by atoms with Crippen molar-refractivity contribution in [1.82, 2.24) is 0 Å². The van der Waals surface area contributed by atoms with Crippen molar-refractivity contribution in [2.24, 2.45) is 5.73 Å². The van der Waals surface area contributed by atoms with Crippen LogP contribution in [0.15, 0.2) is 18.2 Å². The van der Waals surface area contributed by atoms with E-state index in [1.54, 1.807) is 13.8 Å². The first-order chi connectivity index (χ1) is 7.79. The van der Waals surface area contributed by atoms with Crippen molar-refractivity contribution in [3.05, 3.63) is 29.3 Å². The molecule has 0 amide bonds. The predicted octanol–water partition coefficient (Wildman–Crippen LogP) is 2.55. The Bertz CT molecular complexity index is 367. The minimum absolute atomic E-state index is 0.0490. The predicted molar refractivity (Wildman–Crippen MR) is 70.2 cm³/mol. The average Bonchev–Trinajstić information content (AvgIpc) is 2.18. The zero-order chi connectivity index (χ0) is 13.1. The summed E-state index contributed by atoms with van der Waals surface area (Å²) >= 11 is 0. The lowest BCUT2D eigenvalue weighted by Crippen LogP contribution is -2.22. The van der Waals surface area contributed by atoms with Crippen LogP contribution in [0.1, 0.15) is 44.4 Å². The third kappa shape index (κ3) is 4.75. The highest BCUT2D eigenvalue weighted by atomic mass is 16.5. The Balaban J connectivity index is 2.70. The number of hydrogen-bond donors (Lipinski definition) is 2. The molecule has 0 saturated carbocycles. The molecule has 1 atom stereocenters. The monoisotopic (exact) mass is 237 g/mol. The topological polar surface area (TPSA) is 55.5 Å². The van der Waals surface area contributed by atoms with Crippen LogP contribution in [0.2, 0.25) is 0 Å². The van der Waals surface area contributed by atoms with Crippen molar-refractivity contribution in [2.75, 3.05) is 6.61 Å². The minimum atomic E-state index is -0.695. The highest BCUT2D eigenvalue weighted by Gasteiger charge is 2.13. The molecule has 0 saturated heterocycles. The normalized spacial score (nSPS) is 13.5. The van der Waals surface area contributed by atoms with E-state index in [2.05, 4.69) is 0 Å². The van der Waals surface area contributed by atoms with Crippen molar-refractivity contribution in [2.45, 2.75) is 45.8 Å². The molecule has 0 aliphatic carbocycles. The van der Waals surface area contributed by atoms with Crippen LogP contribution in [0.25, 0.3) is 0 Å². The van der Waals surface area contributed by atoms with E-state index in [4.69, 9.17) is 10.5 Å². The molecule has 3 N–H and O–H groups in total. The summed E-state index contributed by atoms with van der Waals surface area (Å²) in [5.41, 5.74) is 7.40. The van der Waals surface area contributed by atoms with E-state index in [0.717, 1.165) is 11.3 Å². The molecule has 0 fully saturated rings. The number of hydrogen-bond acceptors (Lipinski definition) is 3.